The van der Waals surface area contributed by atoms with E-state index in [4.69, 9.17) is 10.5 Å². The predicted octanol–water partition coefficient (Wildman–Crippen LogP) is 3.27. The van der Waals surface area contributed by atoms with Crippen LogP contribution in [0.3, 0.4) is 0 Å². The summed E-state index contributed by atoms with van der Waals surface area (Å²) in [6, 6.07) is 0. The van der Waals surface area contributed by atoms with Crippen molar-refractivity contribution in [2.75, 3.05) is 13.2 Å². The summed E-state index contributed by atoms with van der Waals surface area (Å²) in [6.07, 6.45) is 8.09. The number of unbranched alkanes of at least 4 members (excludes halogenated alkanes) is 2. The van der Waals surface area contributed by atoms with Crippen molar-refractivity contribution >= 4 is 29.9 Å². The molecule has 198 valence electrons. The van der Waals surface area contributed by atoms with Crippen LogP contribution in [0, 0.1) is 28.6 Å². The van der Waals surface area contributed by atoms with Gasteiger partial charge in [0.15, 0.2) is 12.4 Å². The molecule has 0 aromatic rings. The summed E-state index contributed by atoms with van der Waals surface area (Å²) in [5.41, 5.74) is 4.05. The third kappa shape index (κ3) is 4.74. The van der Waals surface area contributed by atoms with Gasteiger partial charge < -0.3 is 20.7 Å². The molecule has 3 fully saturated rings. The van der Waals surface area contributed by atoms with Crippen molar-refractivity contribution in [2.24, 2.45) is 34.3 Å². The number of rotatable bonds is 8. The molecule has 4 aliphatic rings. The highest BCUT2D eigenvalue weighted by Gasteiger charge is 2.68. The second kappa shape index (κ2) is 10.6. The van der Waals surface area contributed by atoms with Crippen LogP contribution in [-0.4, -0.2) is 52.6 Å². The Morgan fingerprint density at radius 1 is 1.14 bits per heavy atom. The SMILES string of the molecule is C[C@]12CCC(=O)C=C1CC[C@@H]1[C@@H]2[C@@H](O)C[C@@]2(C)[C@H]1CC[C@]2(O)C(=O)COC(=O)CCCCCN.Cl. The second-order valence-corrected chi connectivity index (χ2v) is 11.7. The second-order valence-electron chi connectivity index (χ2n) is 11.7. The zero-order chi connectivity index (χ0) is 24.7. The van der Waals surface area contributed by atoms with Crippen LogP contribution < -0.4 is 5.73 Å². The van der Waals surface area contributed by atoms with Gasteiger partial charge in [0, 0.05) is 18.3 Å². The van der Waals surface area contributed by atoms with E-state index in [1.54, 1.807) is 6.08 Å². The summed E-state index contributed by atoms with van der Waals surface area (Å²) >= 11 is 0. The van der Waals surface area contributed by atoms with Crippen LogP contribution in [-0.2, 0) is 19.1 Å². The van der Waals surface area contributed by atoms with E-state index in [0.29, 0.717) is 38.6 Å². The molecule has 0 amide bonds. The Labute approximate surface area is 214 Å². The normalized spacial score (nSPS) is 40.0. The number of hydrogen-bond acceptors (Lipinski definition) is 7. The van der Waals surface area contributed by atoms with Gasteiger partial charge >= 0.3 is 5.97 Å². The number of ether oxygens (including phenoxy) is 1. The van der Waals surface area contributed by atoms with Crippen LogP contribution in [0.15, 0.2) is 11.6 Å². The zero-order valence-corrected chi connectivity index (χ0v) is 21.9. The van der Waals surface area contributed by atoms with E-state index in [9.17, 15) is 24.6 Å². The number of Topliss-reactive ketones (excluding diaryl/α,β-unsaturated/α-hetero) is 1. The molecular weight excluding hydrogens is 470 g/mol. The molecule has 7 atom stereocenters. The van der Waals surface area contributed by atoms with Crippen LogP contribution >= 0.6 is 12.4 Å². The fraction of sp³-hybridized carbons (Fsp3) is 0.815. The minimum Gasteiger partial charge on any atom is -0.458 e. The molecule has 0 unspecified atom stereocenters. The van der Waals surface area contributed by atoms with E-state index in [-0.39, 0.29) is 47.8 Å². The Balaban J connectivity index is 0.00000342. The molecule has 0 saturated heterocycles. The largest absolute Gasteiger partial charge is 0.458 e. The molecule has 0 radical (unpaired) electrons. The number of carbonyl (C=O) groups excluding carboxylic acids is 3. The summed E-state index contributed by atoms with van der Waals surface area (Å²) < 4.78 is 5.23. The van der Waals surface area contributed by atoms with E-state index in [2.05, 4.69) is 6.92 Å². The van der Waals surface area contributed by atoms with Crippen molar-refractivity contribution < 1.29 is 29.3 Å². The first-order chi connectivity index (χ1) is 16.1. The number of esters is 1. The average molecular weight is 512 g/mol. The van der Waals surface area contributed by atoms with Gasteiger partial charge in [0.2, 0.25) is 5.78 Å². The lowest BCUT2D eigenvalue weighted by Crippen LogP contribution is -2.62. The minimum absolute atomic E-state index is 0. The molecule has 35 heavy (non-hydrogen) atoms. The fourth-order valence-corrected chi connectivity index (χ4v) is 8.08. The summed E-state index contributed by atoms with van der Waals surface area (Å²) in [5.74, 6) is -0.375. The first-order valence-electron chi connectivity index (χ1n) is 13.1. The van der Waals surface area contributed by atoms with Gasteiger partial charge in [-0.3, -0.25) is 14.4 Å². The molecule has 0 aromatic heterocycles. The molecule has 4 rings (SSSR count). The van der Waals surface area contributed by atoms with Crippen molar-refractivity contribution in [2.45, 2.75) is 96.2 Å². The third-order valence-electron chi connectivity index (χ3n) is 9.96. The number of ketones is 2. The van der Waals surface area contributed by atoms with Gasteiger partial charge in [-0.05, 0) is 87.2 Å². The molecule has 0 spiro atoms. The van der Waals surface area contributed by atoms with Gasteiger partial charge in [0.25, 0.3) is 0 Å². The number of allylic oxidation sites excluding steroid dienone is 1. The van der Waals surface area contributed by atoms with Crippen molar-refractivity contribution in [1.29, 1.82) is 0 Å². The van der Waals surface area contributed by atoms with Gasteiger partial charge in [-0.15, -0.1) is 12.4 Å². The number of hydrogen-bond donors (Lipinski definition) is 3. The molecule has 3 saturated carbocycles. The Morgan fingerprint density at radius 2 is 1.89 bits per heavy atom. The van der Waals surface area contributed by atoms with Crippen LogP contribution in [0.1, 0.15) is 84.5 Å². The van der Waals surface area contributed by atoms with Crippen LogP contribution in [0.5, 0.6) is 0 Å². The van der Waals surface area contributed by atoms with E-state index >= 15 is 0 Å². The number of carbonyl (C=O) groups is 3. The van der Waals surface area contributed by atoms with Gasteiger partial charge in [-0.2, -0.15) is 0 Å². The smallest absolute Gasteiger partial charge is 0.306 e. The Bertz CT molecular complexity index is 876. The Morgan fingerprint density at radius 3 is 2.60 bits per heavy atom. The topological polar surface area (TPSA) is 127 Å². The highest BCUT2D eigenvalue weighted by molar-refractivity contribution is 5.92. The maximum Gasteiger partial charge on any atom is 0.306 e. The Hall–Kier alpha value is -1.28. The monoisotopic (exact) mass is 511 g/mol. The number of fused-ring (bicyclic) bond motifs is 5. The summed E-state index contributed by atoms with van der Waals surface area (Å²) in [4.78, 5) is 37.3. The fourth-order valence-electron chi connectivity index (χ4n) is 8.08. The Kier molecular flexibility index (Phi) is 8.57. The minimum atomic E-state index is -1.61. The molecule has 4 N–H and O–H groups in total. The maximum atomic E-state index is 13.2. The van der Waals surface area contributed by atoms with Crippen molar-refractivity contribution in [3.05, 3.63) is 11.6 Å². The highest BCUT2D eigenvalue weighted by atomic mass is 35.5. The van der Waals surface area contributed by atoms with Crippen molar-refractivity contribution in [3.8, 4) is 0 Å². The van der Waals surface area contributed by atoms with Crippen LogP contribution in [0.25, 0.3) is 0 Å². The first kappa shape index (κ1) is 28.3. The zero-order valence-electron chi connectivity index (χ0n) is 21.1. The van der Waals surface area contributed by atoms with E-state index in [1.807, 2.05) is 6.92 Å². The van der Waals surface area contributed by atoms with Gasteiger partial charge in [-0.25, -0.2) is 0 Å². The molecule has 0 aliphatic heterocycles. The van der Waals surface area contributed by atoms with Crippen LogP contribution in [0.4, 0.5) is 0 Å². The maximum absolute atomic E-state index is 13.2. The lowest BCUT2D eigenvalue weighted by atomic mass is 9.45. The highest BCUT2D eigenvalue weighted by Crippen LogP contribution is 2.67. The number of aliphatic hydroxyl groups is 2. The lowest BCUT2D eigenvalue weighted by Gasteiger charge is -2.60. The molecule has 0 bridgehead atoms. The first-order valence-corrected chi connectivity index (χ1v) is 13.1. The molecule has 0 heterocycles. The van der Waals surface area contributed by atoms with Gasteiger partial charge in [-0.1, -0.05) is 25.8 Å². The molecule has 8 heteroatoms. The lowest BCUT2D eigenvalue weighted by molar-refractivity contribution is -0.184. The molecule has 0 aromatic carbocycles. The number of halogens is 1. The van der Waals surface area contributed by atoms with E-state index in [1.165, 1.54) is 0 Å². The number of nitrogens with two attached hydrogens (primary N) is 1. The quantitative estimate of drug-likeness (QED) is 0.337. The standard InChI is InChI=1S/C27H41NO6.ClH/c1-25-11-9-18(29)14-17(25)7-8-19-20-10-12-27(33,26(20,2)15-21(30)24(19)25)22(31)16-34-23(32)6-4-3-5-13-28;/h14,19-21,24,30,33H,3-13,15-16,28H2,1-2H3;1H/t19-,20-,21-,24+,25-,26-,27-;/m0./s1. The van der Waals surface area contributed by atoms with Gasteiger partial charge in [0.1, 0.15) is 5.60 Å². The molecule has 4 aliphatic carbocycles. The van der Waals surface area contributed by atoms with Crippen molar-refractivity contribution in [1.82, 2.24) is 0 Å². The summed E-state index contributed by atoms with van der Waals surface area (Å²) in [6.45, 7) is 4.29. The number of aliphatic hydroxyl groups excluding tert-OH is 1. The van der Waals surface area contributed by atoms with E-state index < -0.39 is 35.5 Å². The molecular formula is C27H42ClNO6. The van der Waals surface area contributed by atoms with Crippen LogP contribution in [0.2, 0.25) is 0 Å². The summed E-state index contributed by atoms with van der Waals surface area (Å²) in [5, 5.41) is 23.1. The predicted molar refractivity (Wildman–Crippen MR) is 134 cm³/mol. The molecule has 7 nitrogen and oxygen atoms in total. The average Bonchev–Trinajstić information content (AvgIpc) is 3.06. The van der Waals surface area contributed by atoms with E-state index in [0.717, 1.165) is 37.7 Å². The van der Waals surface area contributed by atoms with Gasteiger partial charge in [0.05, 0.1) is 6.10 Å². The third-order valence-corrected chi connectivity index (χ3v) is 9.96. The van der Waals surface area contributed by atoms with Crippen molar-refractivity contribution in [3.63, 3.8) is 0 Å². The summed E-state index contributed by atoms with van der Waals surface area (Å²) in [7, 11) is 0.